The van der Waals surface area contributed by atoms with Crippen LogP contribution in [0.1, 0.15) is 31.2 Å². The second-order valence-corrected chi connectivity index (χ2v) is 7.20. The molecule has 1 aromatic carbocycles. The first kappa shape index (κ1) is 16.7. The van der Waals surface area contributed by atoms with E-state index in [2.05, 4.69) is 53.1 Å². The Morgan fingerprint density at radius 3 is 2.43 bits per heavy atom. The van der Waals surface area contributed by atoms with E-state index < -0.39 is 0 Å². The van der Waals surface area contributed by atoms with E-state index in [-0.39, 0.29) is 6.61 Å². The zero-order valence-electron chi connectivity index (χ0n) is 14.6. The molecule has 0 atom stereocenters. The number of anilines is 1. The minimum absolute atomic E-state index is 0.253. The van der Waals surface area contributed by atoms with Crippen molar-refractivity contribution in [1.82, 2.24) is 9.80 Å². The van der Waals surface area contributed by atoms with E-state index in [1.807, 2.05) is 0 Å². The van der Waals surface area contributed by atoms with E-state index >= 15 is 0 Å². The average molecular weight is 317 g/mol. The summed E-state index contributed by atoms with van der Waals surface area (Å²) in [5, 5.41) is 9.34. The standard InChI is InChI=1S/C19H31N3O/c1-20-11-9-17(10-12-20)21(2)19-6-4-3-5-16(19)15-22(13-14-23)18-7-8-18/h3-6,17-18,23H,7-15H2,1-2H3. The average Bonchev–Trinajstić information content (AvgIpc) is 3.40. The maximum Gasteiger partial charge on any atom is 0.0558 e. The van der Waals surface area contributed by atoms with Crippen molar-refractivity contribution in [3.8, 4) is 0 Å². The smallest absolute Gasteiger partial charge is 0.0558 e. The number of rotatable bonds is 7. The molecule has 0 amide bonds. The second kappa shape index (κ2) is 7.65. The Morgan fingerprint density at radius 2 is 1.78 bits per heavy atom. The monoisotopic (exact) mass is 317 g/mol. The van der Waals surface area contributed by atoms with Crippen LogP contribution >= 0.6 is 0 Å². The highest BCUT2D eigenvalue weighted by Gasteiger charge is 2.29. The van der Waals surface area contributed by atoms with Gasteiger partial charge >= 0.3 is 0 Å². The lowest BCUT2D eigenvalue weighted by atomic mass is 10.0. The molecule has 23 heavy (non-hydrogen) atoms. The van der Waals surface area contributed by atoms with Gasteiger partial charge in [0.1, 0.15) is 0 Å². The molecule has 128 valence electrons. The van der Waals surface area contributed by atoms with Gasteiger partial charge in [-0.1, -0.05) is 18.2 Å². The second-order valence-electron chi connectivity index (χ2n) is 7.20. The summed E-state index contributed by atoms with van der Waals surface area (Å²) in [7, 11) is 4.47. The third kappa shape index (κ3) is 4.25. The predicted molar refractivity (Wildman–Crippen MR) is 95.9 cm³/mol. The summed E-state index contributed by atoms with van der Waals surface area (Å²) < 4.78 is 0. The molecule has 4 heteroatoms. The summed E-state index contributed by atoms with van der Waals surface area (Å²) in [6.07, 6.45) is 5.05. The van der Waals surface area contributed by atoms with Crippen molar-refractivity contribution < 1.29 is 5.11 Å². The van der Waals surface area contributed by atoms with Gasteiger partial charge in [-0.3, -0.25) is 4.90 Å². The molecule has 2 fully saturated rings. The molecular weight excluding hydrogens is 286 g/mol. The Bertz CT molecular complexity index is 495. The first-order chi connectivity index (χ1) is 11.2. The van der Waals surface area contributed by atoms with Gasteiger partial charge in [-0.05, 0) is 57.5 Å². The molecule has 1 saturated heterocycles. The largest absolute Gasteiger partial charge is 0.395 e. The number of piperidine rings is 1. The number of likely N-dealkylation sites (tertiary alicyclic amines) is 1. The number of benzene rings is 1. The Kier molecular flexibility index (Phi) is 5.57. The topological polar surface area (TPSA) is 30.0 Å². The fraction of sp³-hybridized carbons (Fsp3) is 0.684. The van der Waals surface area contributed by atoms with Gasteiger partial charge in [0.05, 0.1) is 6.61 Å². The van der Waals surface area contributed by atoms with E-state index in [0.717, 1.165) is 13.1 Å². The first-order valence-corrected chi connectivity index (χ1v) is 9.03. The van der Waals surface area contributed by atoms with E-state index in [1.54, 1.807) is 0 Å². The Labute approximate surface area is 140 Å². The molecule has 0 unspecified atom stereocenters. The third-order valence-electron chi connectivity index (χ3n) is 5.43. The van der Waals surface area contributed by atoms with Crippen LogP contribution in [-0.4, -0.2) is 67.3 Å². The molecule has 0 bridgehead atoms. The molecule has 3 rings (SSSR count). The molecule has 4 nitrogen and oxygen atoms in total. The van der Waals surface area contributed by atoms with Crippen molar-refractivity contribution >= 4 is 5.69 Å². The Hall–Kier alpha value is -1.10. The lowest BCUT2D eigenvalue weighted by molar-refractivity contribution is 0.183. The highest BCUT2D eigenvalue weighted by atomic mass is 16.3. The van der Waals surface area contributed by atoms with Crippen LogP contribution in [0.25, 0.3) is 0 Å². The fourth-order valence-corrected chi connectivity index (χ4v) is 3.75. The number of para-hydroxylation sites is 1. The Morgan fingerprint density at radius 1 is 1.09 bits per heavy atom. The minimum Gasteiger partial charge on any atom is -0.395 e. The first-order valence-electron chi connectivity index (χ1n) is 9.03. The summed E-state index contributed by atoms with van der Waals surface area (Å²) in [5.41, 5.74) is 2.76. The van der Waals surface area contributed by atoms with Crippen LogP contribution in [0.5, 0.6) is 0 Å². The number of hydrogen-bond donors (Lipinski definition) is 1. The van der Waals surface area contributed by atoms with Gasteiger partial charge in [0.25, 0.3) is 0 Å². The van der Waals surface area contributed by atoms with Gasteiger partial charge in [-0.25, -0.2) is 0 Å². The van der Waals surface area contributed by atoms with Gasteiger partial charge in [-0.2, -0.15) is 0 Å². The summed E-state index contributed by atoms with van der Waals surface area (Å²) in [5.74, 6) is 0. The zero-order valence-corrected chi connectivity index (χ0v) is 14.6. The van der Waals surface area contributed by atoms with Crippen LogP contribution in [0, 0.1) is 0 Å². The van der Waals surface area contributed by atoms with Gasteiger partial charge < -0.3 is 14.9 Å². The highest BCUT2D eigenvalue weighted by Crippen LogP contribution is 2.31. The van der Waals surface area contributed by atoms with Crippen LogP contribution < -0.4 is 4.90 Å². The zero-order chi connectivity index (χ0) is 16.2. The van der Waals surface area contributed by atoms with Gasteiger partial charge in [0.15, 0.2) is 0 Å². The van der Waals surface area contributed by atoms with Crippen LogP contribution in [0.4, 0.5) is 5.69 Å². The molecule has 0 radical (unpaired) electrons. The van der Waals surface area contributed by atoms with Crippen molar-refractivity contribution in [2.45, 2.75) is 44.3 Å². The highest BCUT2D eigenvalue weighted by molar-refractivity contribution is 5.54. The summed E-state index contributed by atoms with van der Waals surface area (Å²) >= 11 is 0. The van der Waals surface area contributed by atoms with E-state index in [0.29, 0.717) is 12.1 Å². The van der Waals surface area contributed by atoms with Crippen molar-refractivity contribution in [2.75, 3.05) is 45.2 Å². The van der Waals surface area contributed by atoms with Crippen molar-refractivity contribution in [1.29, 1.82) is 0 Å². The maximum absolute atomic E-state index is 9.34. The summed E-state index contributed by atoms with van der Waals surface area (Å²) in [6, 6.07) is 10.1. The molecule has 2 aliphatic rings. The minimum atomic E-state index is 0.253. The molecule has 1 heterocycles. The van der Waals surface area contributed by atoms with Crippen LogP contribution in [0.15, 0.2) is 24.3 Å². The van der Waals surface area contributed by atoms with Crippen molar-refractivity contribution in [2.24, 2.45) is 0 Å². The van der Waals surface area contributed by atoms with E-state index in [4.69, 9.17) is 0 Å². The SMILES string of the molecule is CN1CCC(N(C)c2ccccc2CN(CCO)C2CC2)CC1. The van der Waals surface area contributed by atoms with Crippen LogP contribution in [0.2, 0.25) is 0 Å². The molecule has 1 aliphatic carbocycles. The predicted octanol–water partition coefficient (Wildman–Crippen LogP) is 2.17. The molecule has 1 aliphatic heterocycles. The Balaban J connectivity index is 1.71. The van der Waals surface area contributed by atoms with Crippen molar-refractivity contribution in [3.63, 3.8) is 0 Å². The number of nitrogens with zero attached hydrogens (tertiary/aromatic N) is 3. The van der Waals surface area contributed by atoms with Crippen LogP contribution in [-0.2, 0) is 6.54 Å². The van der Waals surface area contributed by atoms with Crippen molar-refractivity contribution in [3.05, 3.63) is 29.8 Å². The number of aliphatic hydroxyl groups is 1. The molecule has 1 aromatic rings. The van der Waals surface area contributed by atoms with Gasteiger partial charge in [0.2, 0.25) is 0 Å². The normalized spacial score (nSPS) is 20.2. The molecule has 1 saturated carbocycles. The molecular formula is C19H31N3O. The lowest BCUT2D eigenvalue weighted by Gasteiger charge is -2.37. The lowest BCUT2D eigenvalue weighted by Crippen LogP contribution is -2.42. The van der Waals surface area contributed by atoms with Gasteiger partial charge in [-0.15, -0.1) is 0 Å². The van der Waals surface area contributed by atoms with E-state index in [9.17, 15) is 5.11 Å². The number of hydrogen-bond acceptors (Lipinski definition) is 4. The number of aliphatic hydroxyl groups excluding tert-OH is 1. The maximum atomic E-state index is 9.34. The van der Waals surface area contributed by atoms with Crippen LogP contribution in [0.3, 0.4) is 0 Å². The van der Waals surface area contributed by atoms with E-state index in [1.165, 1.54) is 50.0 Å². The molecule has 1 N–H and O–H groups in total. The molecule has 0 spiro atoms. The summed E-state index contributed by atoms with van der Waals surface area (Å²) in [4.78, 5) is 7.36. The van der Waals surface area contributed by atoms with Gasteiger partial charge in [0, 0.05) is 37.9 Å². The summed E-state index contributed by atoms with van der Waals surface area (Å²) in [6.45, 7) is 4.38. The quantitative estimate of drug-likeness (QED) is 0.835. The molecule has 0 aromatic heterocycles. The third-order valence-corrected chi connectivity index (χ3v) is 5.43. The fourth-order valence-electron chi connectivity index (χ4n) is 3.75.